The lowest BCUT2D eigenvalue weighted by molar-refractivity contribution is -0.152. The second kappa shape index (κ2) is 9.97. The summed E-state index contributed by atoms with van der Waals surface area (Å²) in [6.45, 7) is 7.04. The Morgan fingerprint density at radius 1 is 1.28 bits per heavy atom. The summed E-state index contributed by atoms with van der Waals surface area (Å²) in [7, 11) is 0. The van der Waals surface area contributed by atoms with Gasteiger partial charge in [0.05, 0.1) is 0 Å². The monoisotopic (exact) mass is 371 g/mol. The average Bonchev–Trinajstić information content (AvgIpc) is 2.96. The number of nitrogens with one attached hydrogen (secondary N) is 2. The molecule has 1 atom stereocenters. The first-order valence-corrected chi connectivity index (χ1v) is 8.90. The van der Waals surface area contributed by atoms with Crippen molar-refractivity contribution in [3.63, 3.8) is 0 Å². The number of aromatic nitrogens is 1. The summed E-state index contributed by atoms with van der Waals surface area (Å²) in [5.74, 6) is -0.934. The number of carbonyl (C=O) groups excluding carboxylic acids is 3. The number of anilines is 1. The number of nitrogens with zero attached hydrogens (tertiary/aromatic N) is 1. The van der Waals surface area contributed by atoms with Crippen molar-refractivity contribution < 1.29 is 23.9 Å². The molecule has 0 saturated carbocycles. The van der Waals surface area contributed by atoms with E-state index in [-0.39, 0.29) is 0 Å². The van der Waals surface area contributed by atoms with Crippen molar-refractivity contribution >= 4 is 34.4 Å². The smallest absolute Gasteiger partial charge is 0.407 e. The van der Waals surface area contributed by atoms with Gasteiger partial charge in [0.15, 0.2) is 11.2 Å². The van der Waals surface area contributed by atoms with Crippen molar-refractivity contribution in [3.8, 4) is 0 Å². The van der Waals surface area contributed by atoms with Crippen LogP contribution in [0.4, 0.5) is 9.93 Å². The van der Waals surface area contributed by atoms with Crippen LogP contribution in [0.25, 0.3) is 0 Å². The molecule has 0 radical (unpaired) electrons. The zero-order valence-corrected chi connectivity index (χ0v) is 15.8. The maximum absolute atomic E-state index is 12.2. The molecular weight excluding hydrogens is 346 g/mol. The fraction of sp³-hybridized carbons (Fsp3) is 0.625. The van der Waals surface area contributed by atoms with Crippen LogP contribution >= 0.6 is 11.3 Å². The molecule has 1 rings (SSSR count). The maximum Gasteiger partial charge on any atom is 0.407 e. The van der Waals surface area contributed by atoms with Gasteiger partial charge >= 0.3 is 12.1 Å². The van der Waals surface area contributed by atoms with E-state index >= 15 is 0 Å². The van der Waals surface area contributed by atoms with E-state index in [0.717, 1.165) is 0 Å². The minimum atomic E-state index is -0.886. The first kappa shape index (κ1) is 20.9. The summed E-state index contributed by atoms with van der Waals surface area (Å²) in [6.07, 6.45) is 1.78. The van der Waals surface area contributed by atoms with Crippen LogP contribution in [0.1, 0.15) is 47.0 Å². The highest BCUT2D eigenvalue weighted by Gasteiger charge is 2.22. The molecule has 0 saturated heterocycles. The van der Waals surface area contributed by atoms with Gasteiger partial charge in [-0.3, -0.25) is 14.9 Å². The van der Waals surface area contributed by atoms with E-state index in [0.29, 0.717) is 30.9 Å². The molecule has 8 nitrogen and oxygen atoms in total. The Bertz CT molecular complexity index is 569. The third kappa shape index (κ3) is 9.65. The second-order valence-electron chi connectivity index (χ2n) is 6.35. The lowest BCUT2D eigenvalue weighted by Crippen LogP contribution is -2.34. The molecule has 0 aliphatic rings. The SMILES string of the molecule is CC(=O)OC(CCCCNC(=O)OC(C)(C)C)C(=O)Nc1nccs1. The van der Waals surface area contributed by atoms with Crippen LogP contribution < -0.4 is 10.6 Å². The summed E-state index contributed by atoms with van der Waals surface area (Å²) in [6, 6.07) is 0. The Morgan fingerprint density at radius 3 is 2.56 bits per heavy atom. The molecule has 140 valence electrons. The standard InChI is InChI=1S/C16H25N3O5S/c1-11(20)23-12(13(21)19-14-17-9-10-25-14)7-5-6-8-18-15(22)24-16(2,3)4/h9-10,12H,5-8H2,1-4H3,(H,18,22)(H,17,19,21). The van der Waals surface area contributed by atoms with Gasteiger partial charge in [-0.1, -0.05) is 0 Å². The normalized spacial score (nSPS) is 12.2. The second-order valence-corrected chi connectivity index (χ2v) is 7.24. The van der Waals surface area contributed by atoms with Crippen LogP contribution in [0, 0.1) is 0 Å². The van der Waals surface area contributed by atoms with Gasteiger partial charge in [0.25, 0.3) is 5.91 Å². The van der Waals surface area contributed by atoms with Crippen molar-refractivity contribution in [2.45, 2.75) is 58.7 Å². The number of ether oxygens (including phenoxy) is 2. The van der Waals surface area contributed by atoms with Crippen molar-refractivity contribution in [1.82, 2.24) is 10.3 Å². The fourth-order valence-electron chi connectivity index (χ4n) is 1.87. The van der Waals surface area contributed by atoms with Crippen LogP contribution in [0.15, 0.2) is 11.6 Å². The number of hydrogen-bond donors (Lipinski definition) is 2. The van der Waals surface area contributed by atoms with Gasteiger partial charge < -0.3 is 14.8 Å². The van der Waals surface area contributed by atoms with Crippen LogP contribution in [0.2, 0.25) is 0 Å². The Labute approximate surface area is 151 Å². The number of amides is 2. The molecule has 0 fully saturated rings. The zero-order chi connectivity index (χ0) is 18.9. The third-order valence-corrected chi connectivity index (χ3v) is 3.51. The number of alkyl carbamates (subject to hydrolysis) is 1. The molecule has 2 N–H and O–H groups in total. The molecule has 0 bridgehead atoms. The van der Waals surface area contributed by atoms with E-state index in [4.69, 9.17) is 9.47 Å². The molecule has 1 heterocycles. The van der Waals surface area contributed by atoms with Gasteiger partial charge in [0.1, 0.15) is 5.60 Å². The first-order valence-electron chi connectivity index (χ1n) is 8.02. The van der Waals surface area contributed by atoms with E-state index in [1.165, 1.54) is 18.3 Å². The van der Waals surface area contributed by atoms with E-state index in [9.17, 15) is 14.4 Å². The van der Waals surface area contributed by atoms with Gasteiger partial charge in [0, 0.05) is 25.0 Å². The molecule has 0 aromatic carbocycles. The number of esters is 1. The molecule has 2 amide bonds. The number of unbranched alkanes of at least 4 members (excludes halogenated alkanes) is 1. The highest BCUT2D eigenvalue weighted by atomic mass is 32.1. The molecule has 25 heavy (non-hydrogen) atoms. The molecule has 1 unspecified atom stereocenters. The topological polar surface area (TPSA) is 107 Å². The van der Waals surface area contributed by atoms with Gasteiger partial charge in [-0.2, -0.15) is 0 Å². The van der Waals surface area contributed by atoms with Crippen LogP contribution in [-0.2, 0) is 19.1 Å². The van der Waals surface area contributed by atoms with Gasteiger partial charge in [-0.05, 0) is 40.0 Å². The molecule has 0 aliphatic carbocycles. The lowest BCUT2D eigenvalue weighted by Gasteiger charge is -2.19. The number of hydrogen-bond acceptors (Lipinski definition) is 7. The van der Waals surface area contributed by atoms with Crippen LogP contribution in [-0.4, -0.2) is 41.2 Å². The maximum atomic E-state index is 12.2. The summed E-state index contributed by atoms with van der Waals surface area (Å²) < 4.78 is 10.2. The van der Waals surface area contributed by atoms with Crippen LogP contribution in [0.3, 0.4) is 0 Å². The zero-order valence-electron chi connectivity index (χ0n) is 15.0. The largest absolute Gasteiger partial charge is 0.452 e. The molecular formula is C16H25N3O5S. The summed E-state index contributed by atoms with van der Waals surface area (Å²) in [5, 5.41) is 7.44. The van der Waals surface area contributed by atoms with Gasteiger partial charge in [0.2, 0.25) is 0 Å². The van der Waals surface area contributed by atoms with Crippen molar-refractivity contribution in [2.75, 3.05) is 11.9 Å². The molecule has 1 aromatic rings. The van der Waals surface area contributed by atoms with Crippen molar-refractivity contribution in [3.05, 3.63) is 11.6 Å². The Morgan fingerprint density at radius 2 is 2.00 bits per heavy atom. The Balaban J connectivity index is 2.34. The van der Waals surface area contributed by atoms with E-state index in [2.05, 4.69) is 15.6 Å². The van der Waals surface area contributed by atoms with Crippen LogP contribution in [0.5, 0.6) is 0 Å². The van der Waals surface area contributed by atoms with E-state index < -0.39 is 29.7 Å². The fourth-order valence-corrected chi connectivity index (χ4v) is 2.41. The predicted octanol–water partition coefficient (Wildman–Crippen LogP) is 2.71. The molecule has 1 aromatic heterocycles. The van der Waals surface area contributed by atoms with Gasteiger partial charge in [-0.25, -0.2) is 9.78 Å². The van der Waals surface area contributed by atoms with Crippen molar-refractivity contribution in [1.29, 1.82) is 0 Å². The minimum Gasteiger partial charge on any atom is -0.452 e. The van der Waals surface area contributed by atoms with E-state index in [1.54, 1.807) is 32.3 Å². The van der Waals surface area contributed by atoms with Crippen molar-refractivity contribution in [2.24, 2.45) is 0 Å². The highest BCUT2D eigenvalue weighted by molar-refractivity contribution is 7.13. The molecule has 0 spiro atoms. The third-order valence-electron chi connectivity index (χ3n) is 2.82. The van der Waals surface area contributed by atoms with Gasteiger partial charge in [-0.15, -0.1) is 11.3 Å². The average molecular weight is 371 g/mol. The lowest BCUT2D eigenvalue weighted by atomic mass is 10.1. The Hall–Kier alpha value is -2.16. The molecule has 9 heteroatoms. The van der Waals surface area contributed by atoms with E-state index in [1.807, 2.05) is 0 Å². The minimum absolute atomic E-state index is 0.354. The highest BCUT2D eigenvalue weighted by Crippen LogP contribution is 2.14. The summed E-state index contributed by atoms with van der Waals surface area (Å²) in [5.41, 5.74) is -0.543. The molecule has 0 aliphatic heterocycles. The number of rotatable bonds is 8. The quantitative estimate of drug-likeness (QED) is 0.537. The summed E-state index contributed by atoms with van der Waals surface area (Å²) >= 11 is 1.28. The summed E-state index contributed by atoms with van der Waals surface area (Å²) in [4.78, 5) is 38.8. The Kier molecular flexibility index (Phi) is 8.33. The first-order chi connectivity index (χ1) is 11.7. The predicted molar refractivity (Wildman–Crippen MR) is 94.4 cm³/mol. The number of carbonyl (C=O) groups is 3. The number of thiazole rings is 1.